The summed E-state index contributed by atoms with van der Waals surface area (Å²) in [6.07, 6.45) is 0.672. The van der Waals surface area contributed by atoms with Crippen LogP contribution in [-0.4, -0.2) is 21.2 Å². The van der Waals surface area contributed by atoms with E-state index >= 15 is 0 Å². The highest BCUT2D eigenvalue weighted by Crippen LogP contribution is 2.28. The van der Waals surface area contributed by atoms with E-state index in [-0.39, 0.29) is 27.9 Å². The summed E-state index contributed by atoms with van der Waals surface area (Å²) in [7, 11) is 0. The quantitative estimate of drug-likeness (QED) is 0.684. The van der Waals surface area contributed by atoms with Crippen molar-refractivity contribution in [2.45, 2.75) is 26.8 Å². The van der Waals surface area contributed by atoms with Gasteiger partial charge in [-0.05, 0) is 31.2 Å². The Labute approximate surface area is 160 Å². The van der Waals surface area contributed by atoms with Crippen LogP contribution in [-0.2, 0) is 17.8 Å². The highest BCUT2D eigenvalue weighted by atomic mass is 35.5. The molecule has 5 nitrogen and oxygen atoms in total. The van der Waals surface area contributed by atoms with E-state index < -0.39 is 5.91 Å². The first-order valence-electron chi connectivity index (χ1n) is 8.15. The fourth-order valence-corrected chi connectivity index (χ4v) is 3.43. The van der Waals surface area contributed by atoms with Crippen molar-refractivity contribution in [3.63, 3.8) is 0 Å². The van der Waals surface area contributed by atoms with Crippen molar-refractivity contribution in [2.24, 2.45) is 0 Å². The number of nitrogens with zero attached hydrogens (tertiary/aromatic N) is 2. The van der Waals surface area contributed by atoms with Crippen LogP contribution in [0.15, 0.2) is 36.4 Å². The number of rotatable bonds is 5. The fourth-order valence-electron chi connectivity index (χ4n) is 2.86. The van der Waals surface area contributed by atoms with Crippen molar-refractivity contribution in [1.82, 2.24) is 9.55 Å². The Morgan fingerprint density at radius 2 is 1.77 bits per heavy atom. The van der Waals surface area contributed by atoms with E-state index in [1.54, 1.807) is 24.3 Å². The van der Waals surface area contributed by atoms with Crippen LogP contribution in [0.5, 0.6) is 0 Å². The molecule has 0 radical (unpaired) electrons. The number of carbonyl (C=O) groups excluding carboxylic acids is 2. The van der Waals surface area contributed by atoms with Gasteiger partial charge in [0, 0.05) is 6.42 Å². The molecule has 0 fully saturated rings. The Morgan fingerprint density at radius 3 is 2.38 bits per heavy atom. The number of Topliss-reactive ketones (excluding diaryl/α,β-unsaturated/α-hetero) is 1. The van der Waals surface area contributed by atoms with E-state index in [2.05, 4.69) is 10.3 Å². The minimum atomic E-state index is -0.410. The van der Waals surface area contributed by atoms with Gasteiger partial charge in [0.25, 0.3) is 5.91 Å². The molecule has 26 heavy (non-hydrogen) atoms. The molecule has 0 saturated carbocycles. The van der Waals surface area contributed by atoms with Crippen LogP contribution in [0.3, 0.4) is 0 Å². The van der Waals surface area contributed by atoms with Gasteiger partial charge in [-0.3, -0.25) is 9.59 Å². The number of anilines is 1. The van der Waals surface area contributed by atoms with E-state index in [1.165, 1.54) is 6.92 Å². The van der Waals surface area contributed by atoms with Gasteiger partial charge in [0.15, 0.2) is 0 Å². The van der Waals surface area contributed by atoms with Crippen molar-refractivity contribution < 1.29 is 9.59 Å². The second-order valence-electron chi connectivity index (χ2n) is 5.89. The van der Waals surface area contributed by atoms with E-state index in [4.69, 9.17) is 23.2 Å². The average Bonchev–Trinajstić information content (AvgIpc) is 2.93. The molecular weight excluding hydrogens is 373 g/mol. The lowest BCUT2D eigenvalue weighted by molar-refractivity contribution is -0.117. The number of fused-ring (bicyclic) bond motifs is 1. The number of nitrogens with one attached hydrogen (secondary N) is 1. The smallest absolute Gasteiger partial charge is 0.258 e. The third-order valence-corrected chi connectivity index (χ3v) is 4.62. The minimum absolute atomic E-state index is 0.0382. The monoisotopic (exact) mass is 389 g/mol. The summed E-state index contributed by atoms with van der Waals surface area (Å²) in [6, 6.07) is 10.3. The summed E-state index contributed by atoms with van der Waals surface area (Å²) in [4.78, 5) is 28.9. The Kier molecular flexibility index (Phi) is 5.30. The molecule has 134 valence electrons. The average molecular weight is 390 g/mol. The lowest BCUT2D eigenvalue weighted by Crippen LogP contribution is -2.13. The van der Waals surface area contributed by atoms with Crippen molar-refractivity contribution in [3.05, 3.63) is 57.8 Å². The van der Waals surface area contributed by atoms with Gasteiger partial charge in [0.2, 0.25) is 0 Å². The molecule has 1 N–H and O–H groups in total. The number of benzene rings is 2. The SMILES string of the molecule is CCc1nc2c(NC(=O)c3c(Cl)cccc3Cl)cccc2n1CC(C)=O. The molecule has 0 aliphatic carbocycles. The highest BCUT2D eigenvalue weighted by molar-refractivity contribution is 6.40. The maximum Gasteiger partial charge on any atom is 0.258 e. The number of imidazole rings is 1. The molecule has 1 amide bonds. The van der Waals surface area contributed by atoms with Crippen molar-refractivity contribution in [2.75, 3.05) is 5.32 Å². The number of halogens is 2. The molecule has 0 atom stereocenters. The standard InChI is InChI=1S/C19H17Cl2N3O2/c1-3-16-23-18-14(8-5-9-15(18)24(16)10-11(2)25)22-19(26)17-12(20)6-4-7-13(17)21/h4-9H,3,10H2,1-2H3,(H,22,26). The molecule has 3 rings (SSSR count). The van der Waals surface area contributed by atoms with Crippen molar-refractivity contribution in [3.8, 4) is 0 Å². The van der Waals surface area contributed by atoms with Crippen LogP contribution in [0.4, 0.5) is 5.69 Å². The zero-order valence-electron chi connectivity index (χ0n) is 14.3. The number of aryl methyl sites for hydroxylation is 1. The van der Waals surface area contributed by atoms with E-state index in [0.717, 1.165) is 11.3 Å². The summed E-state index contributed by atoms with van der Waals surface area (Å²) in [6.45, 7) is 3.75. The van der Waals surface area contributed by atoms with Gasteiger partial charge in [0.05, 0.1) is 33.4 Å². The largest absolute Gasteiger partial charge is 0.320 e. The second-order valence-corrected chi connectivity index (χ2v) is 6.71. The summed E-state index contributed by atoms with van der Waals surface area (Å²) < 4.78 is 1.87. The van der Waals surface area contributed by atoms with Crippen LogP contribution in [0.25, 0.3) is 11.0 Å². The molecule has 0 saturated heterocycles. The molecule has 2 aromatic carbocycles. The topological polar surface area (TPSA) is 64.0 Å². The first kappa shape index (κ1) is 18.4. The maximum absolute atomic E-state index is 12.7. The highest BCUT2D eigenvalue weighted by Gasteiger charge is 2.18. The zero-order chi connectivity index (χ0) is 18.8. The van der Waals surface area contributed by atoms with Gasteiger partial charge in [-0.25, -0.2) is 4.98 Å². The van der Waals surface area contributed by atoms with Crippen molar-refractivity contribution in [1.29, 1.82) is 0 Å². The first-order valence-corrected chi connectivity index (χ1v) is 8.91. The second kappa shape index (κ2) is 7.48. The normalized spacial score (nSPS) is 10.9. The van der Waals surface area contributed by atoms with E-state index in [9.17, 15) is 9.59 Å². The molecule has 0 unspecified atom stereocenters. The molecule has 1 heterocycles. The number of amides is 1. The molecule has 0 bridgehead atoms. The number of para-hydroxylation sites is 1. The van der Waals surface area contributed by atoms with Crippen LogP contribution in [0.1, 0.15) is 30.0 Å². The van der Waals surface area contributed by atoms with Crippen LogP contribution < -0.4 is 5.32 Å². The third-order valence-electron chi connectivity index (χ3n) is 3.99. The van der Waals surface area contributed by atoms with Gasteiger partial charge in [0.1, 0.15) is 17.1 Å². The number of hydrogen-bond acceptors (Lipinski definition) is 3. The van der Waals surface area contributed by atoms with Crippen LogP contribution >= 0.6 is 23.2 Å². The summed E-state index contributed by atoms with van der Waals surface area (Å²) in [5, 5.41) is 3.39. The van der Waals surface area contributed by atoms with Gasteiger partial charge < -0.3 is 9.88 Å². The minimum Gasteiger partial charge on any atom is -0.320 e. The Morgan fingerprint density at radius 1 is 1.12 bits per heavy atom. The Bertz CT molecular complexity index is 991. The molecule has 1 aromatic heterocycles. The summed E-state index contributed by atoms with van der Waals surface area (Å²) in [5.41, 5.74) is 2.18. The van der Waals surface area contributed by atoms with E-state index in [1.807, 2.05) is 23.6 Å². The van der Waals surface area contributed by atoms with Crippen LogP contribution in [0, 0.1) is 0 Å². The fraction of sp³-hybridized carbons (Fsp3) is 0.211. The number of hydrogen-bond donors (Lipinski definition) is 1. The molecule has 7 heteroatoms. The number of ketones is 1. The van der Waals surface area contributed by atoms with Gasteiger partial charge in [-0.1, -0.05) is 42.3 Å². The summed E-state index contributed by atoms with van der Waals surface area (Å²) in [5.74, 6) is 0.413. The number of carbonyl (C=O) groups is 2. The lowest BCUT2D eigenvalue weighted by Gasteiger charge is -2.09. The summed E-state index contributed by atoms with van der Waals surface area (Å²) >= 11 is 12.2. The van der Waals surface area contributed by atoms with Gasteiger partial charge >= 0.3 is 0 Å². The molecule has 3 aromatic rings. The molecular formula is C19H17Cl2N3O2. The molecule has 0 aliphatic heterocycles. The van der Waals surface area contributed by atoms with Gasteiger partial charge in [-0.2, -0.15) is 0 Å². The van der Waals surface area contributed by atoms with Gasteiger partial charge in [-0.15, -0.1) is 0 Å². The van der Waals surface area contributed by atoms with E-state index in [0.29, 0.717) is 17.6 Å². The zero-order valence-corrected chi connectivity index (χ0v) is 15.9. The maximum atomic E-state index is 12.7. The predicted molar refractivity (Wildman–Crippen MR) is 104 cm³/mol. The Balaban J connectivity index is 2.05. The first-order chi connectivity index (χ1) is 12.4. The van der Waals surface area contributed by atoms with Crippen LogP contribution in [0.2, 0.25) is 10.0 Å². The van der Waals surface area contributed by atoms with Crippen molar-refractivity contribution >= 4 is 51.6 Å². The predicted octanol–water partition coefficient (Wildman–Crippen LogP) is 4.75. The Hall–Kier alpha value is -2.37. The number of aromatic nitrogens is 2. The lowest BCUT2D eigenvalue weighted by atomic mass is 10.2. The molecule has 0 aliphatic rings. The third kappa shape index (κ3) is 3.45. The molecule has 0 spiro atoms.